The summed E-state index contributed by atoms with van der Waals surface area (Å²) in [7, 11) is 2.19. The van der Waals surface area contributed by atoms with Gasteiger partial charge in [0.05, 0.1) is 18.5 Å². The predicted molar refractivity (Wildman–Crippen MR) is 72.6 cm³/mol. The molecule has 2 N–H and O–H groups in total. The minimum atomic E-state index is -0.0220. The van der Waals surface area contributed by atoms with Crippen molar-refractivity contribution in [3.8, 4) is 5.75 Å². The van der Waals surface area contributed by atoms with Gasteiger partial charge in [0.1, 0.15) is 5.75 Å². The van der Waals surface area contributed by atoms with Crippen molar-refractivity contribution in [3.63, 3.8) is 0 Å². The summed E-state index contributed by atoms with van der Waals surface area (Å²) in [5.74, 6) is 0.833. The third kappa shape index (κ3) is 3.43. The number of rotatable bonds is 5. The Morgan fingerprint density at radius 1 is 1.56 bits per heavy atom. The number of aromatic nitrogens is 1. The topological polar surface area (TPSA) is 51.4 Å². The van der Waals surface area contributed by atoms with Crippen molar-refractivity contribution in [2.45, 2.75) is 38.3 Å². The quantitative estimate of drug-likeness (QED) is 0.866. The molecule has 2 atom stereocenters. The minimum absolute atomic E-state index is 0.0220. The highest BCUT2D eigenvalue weighted by molar-refractivity contribution is 5.21. The monoisotopic (exact) mass is 249 g/mol. The molecule has 1 saturated heterocycles. The van der Waals surface area contributed by atoms with Crippen molar-refractivity contribution in [3.05, 3.63) is 24.0 Å². The summed E-state index contributed by atoms with van der Waals surface area (Å²) in [6.45, 7) is 3.91. The van der Waals surface area contributed by atoms with Crippen molar-refractivity contribution >= 4 is 0 Å². The Kier molecular flexibility index (Phi) is 4.55. The lowest BCUT2D eigenvalue weighted by molar-refractivity contribution is 0.233. The highest BCUT2D eigenvalue weighted by atomic mass is 16.5. The third-order valence-electron chi connectivity index (χ3n) is 3.62. The maximum Gasteiger partial charge on any atom is 0.137 e. The summed E-state index contributed by atoms with van der Waals surface area (Å²) >= 11 is 0. The fraction of sp³-hybridized carbons (Fsp3) is 0.643. The lowest BCUT2D eigenvalue weighted by atomic mass is 10.1. The Morgan fingerprint density at radius 2 is 2.39 bits per heavy atom. The van der Waals surface area contributed by atoms with Gasteiger partial charge in [0.2, 0.25) is 0 Å². The smallest absolute Gasteiger partial charge is 0.137 e. The predicted octanol–water partition coefficient (Wildman–Crippen LogP) is 1.96. The summed E-state index contributed by atoms with van der Waals surface area (Å²) in [6.07, 6.45) is 5.45. The fourth-order valence-corrected chi connectivity index (χ4v) is 2.40. The molecule has 1 aliphatic heterocycles. The number of nitrogens with zero attached hydrogens (tertiary/aromatic N) is 2. The maximum absolute atomic E-state index is 5.75. The van der Waals surface area contributed by atoms with Crippen molar-refractivity contribution < 1.29 is 4.74 Å². The van der Waals surface area contributed by atoms with Gasteiger partial charge in [-0.1, -0.05) is 0 Å². The van der Waals surface area contributed by atoms with Crippen molar-refractivity contribution in [2.75, 3.05) is 20.2 Å². The Morgan fingerprint density at radius 3 is 2.94 bits per heavy atom. The Balaban J connectivity index is 1.76. The molecule has 4 nitrogen and oxygen atoms in total. The van der Waals surface area contributed by atoms with E-state index in [0.717, 1.165) is 24.5 Å². The molecule has 0 spiro atoms. The molecule has 0 radical (unpaired) electrons. The molecule has 0 aliphatic carbocycles. The lowest BCUT2D eigenvalue weighted by Crippen LogP contribution is -2.26. The first-order valence-electron chi connectivity index (χ1n) is 6.71. The van der Waals surface area contributed by atoms with E-state index in [9.17, 15) is 0 Å². The van der Waals surface area contributed by atoms with Crippen LogP contribution in [0.3, 0.4) is 0 Å². The zero-order valence-electron chi connectivity index (χ0n) is 11.3. The van der Waals surface area contributed by atoms with E-state index < -0.39 is 0 Å². The molecule has 0 saturated carbocycles. The molecule has 0 amide bonds. The van der Waals surface area contributed by atoms with Crippen LogP contribution >= 0.6 is 0 Å². The average Bonchev–Trinajstić information content (AvgIpc) is 2.76. The van der Waals surface area contributed by atoms with Gasteiger partial charge >= 0.3 is 0 Å². The summed E-state index contributed by atoms with van der Waals surface area (Å²) in [4.78, 5) is 6.70. The van der Waals surface area contributed by atoms with Crippen LogP contribution in [0.1, 0.15) is 37.9 Å². The van der Waals surface area contributed by atoms with Crippen LogP contribution in [-0.4, -0.2) is 36.1 Å². The van der Waals surface area contributed by atoms with Crippen LogP contribution in [0.4, 0.5) is 0 Å². The SMILES string of the molecule is C[C@H](N)c1ccc(OCCC2CCCN2C)cn1. The molecule has 0 bridgehead atoms. The molecule has 2 heterocycles. The number of nitrogens with two attached hydrogens (primary N) is 1. The van der Waals surface area contributed by atoms with Crippen LogP contribution in [0.25, 0.3) is 0 Å². The van der Waals surface area contributed by atoms with Gasteiger partial charge in [-0.25, -0.2) is 0 Å². The summed E-state index contributed by atoms with van der Waals surface area (Å²) in [5, 5.41) is 0. The Labute approximate surface area is 109 Å². The molecule has 1 fully saturated rings. The molecular weight excluding hydrogens is 226 g/mol. The van der Waals surface area contributed by atoms with Gasteiger partial charge in [0.15, 0.2) is 0 Å². The zero-order valence-corrected chi connectivity index (χ0v) is 11.3. The van der Waals surface area contributed by atoms with E-state index in [1.807, 2.05) is 19.1 Å². The number of pyridine rings is 1. The van der Waals surface area contributed by atoms with Crippen LogP contribution in [0.15, 0.2) is 18.3 Å². The van der Waals surface area contributed by atoms with E-state index in [4.69, 9.17) is 10.5 Å². The Bertz CT molecular complexity index is 364. The first-order chi connectivity index (χ1) is 8.66. The van der Waals surface area contributed by atoms with Crippen LogP contribution in [-0.2, 0) is 0 Å². The van der Waals surface area contributed by atoms with Crippen LogP contribution in [0.2, 0.25) is 0 Å². The van der Waals surface area contributed by atoms with Crippen LogP contribution in [0, 0.1) is 0 Å². The van der Waals surface area contributed by atoms with Gasteiger partial charge in [-0.3, -0.25) is 4.98 Å². The van der Waals surface area contributed by atoms with Gasteiger partial charge in [0, 0.05) is 12.1 Å². The van der Waals surface area contributed by atoms with Gasteiger partial charge in [-0.2, -0.15) is 0 Å². The molecule has 18 heavy (non-hydrogen) atoms. The van der Waals surface area contributed by atoms with Gasteiger partial charge in [0.25, 0.3) is 0 Å². The van der Waals surface area contributed by atoms with Crippen LogP contribution in [0.5, 0.6) is 5.75 Å². The van der Waals surface area contributed by atoms with Crippen molar-refractivity contribution in [1.82, 2.24) is 9.88 Å². The second-order valence-corrected chi connectivity index (χ2v) is 5.12. The normalized spacial score (nSPS) is 22.1. The van der Waals surface area contributed by atoms with E-state index in [-0.39, 0.29) is 6.04 Å². The summed E-state index contributed by atoms with van der Waals surface area (Å²) in [6, 6.07) is 4.54. The van der Waals surface area contributed by atoms with Gasteiger partial charge in [-0.05, 0) is 51.9 Å². The molecular formula is C14H23N3O. The van der Waals surface area contributed by atoms with E-state index >= 15 is 0 Å². The molecule has 4 heteroatoms. The van der Waals surface area contributed by atoms with E-state index in [2.05, 4.69) is 16.9 Å². The molecule has 0 aromatic carbocycles. The lowest BCUT2D eigenvalue weighted by Gasteiger charge is -2.19. The highest BCUT2D eigenvalue weighted by Gasteiger charge is 2.20. The second kappa shape index (κ2) is 6.16. The average molecular weight is 249 g/mol. The van der Waals surface area contributed by atoms with Crippen molar-refractivity contribution in [2.24, 2.45) is 5.73 Å². The molecule has 2 rings (SSSR count). The fourth-order valence-electron chi connectivity index (χ4n) is 2.40. The van der Waals surface area contributed by atoms with Crippen LogP contribution < -0.4 is 10.5 Å². The summed E-state index contributed by atoms with van der Waals surface area (Å²) < 4.78 is 5.72. The zero-order chi connectivity index (χ0) is 13.0. The number of hydrogen-bond acceptors (Lipinski definition) is 4. The van der Waals surface area contributed by atoms with Crippen molar-refractivity contribution in [1.29, 1.82) is 0 Å². The standard InChI is InChI=1S/C14H23N3O/c1-11(15)14-6-5-13(10-16-14)18-9-7-12-4-3-8-17(12)2/h5-6,10-12H,3-4,7-9,15H2,1-2H3/t11-,12?/m0/s1. The second-order valence-electron chi connectivity index (χ2n) is 5.12. The minimum Gasteiger partial charge on any atom is -0.492 e. The highest BCUT2D eigenvalue weighted by Crippen LogP contribution is 2.19. The van der Waals surface area contributed by atoms with E-state index in [1.54, 1.807) is 6.20 Å². The largest absolute Gasteiger partial charge is 0.492 e. The molecule has 1 aromatic rings. The molecule has 1 unspecified atom stereocenters. The number of likely N-dealkylation sites (tertiary alicyclic amines) is 1. The molecule has 1 aliphatic rings. The maximum atomic E-state index is 5.75. The number of hydrogen-bond donors (Lipinski definition) is 1. The molecule has 100 valence electrons. The van der Waals surface area contributed by atoms with E-state index in [1.165, 1.54) is 19.4 Å². The van der Waals surface area contributed by atoms with Gasteiger partial charge in [-0.15, -0.1) is 0 Å². The van der Waals surface area contributed by atoms with Gasteiger partial charge < -0.3 is 15.4 Å². The first-order valence-corrected chi connectivity index (χ1v) is 6.71. The molecule has 1 aromatic heterocycles. The number of ether oxygens (including phenoxy) is 1. The van der Waals surface area contributed by atoms with E-state index in [0.29, 0.717) is 6.04 Å². The third-order valence-corrected chi connectivity index (χ3v) is 3.62. The Hall–Kier alpha value is -1.13. The first kappa shape index (κ1) is 13.3. The summed E-state index contributed by atoms with van der Waals surface area (Å²) in [5.41, 5.74) is 6.65.